The van der Waals surface area contributed by atoms with Crippen molar-refractivity contribution in [3.8, 4) is 0 Å². The lowest BCUT2D eigenvalue weighted by Gasteiger charge is -2.02. The van der Waals surface area contributed by atoms with E-state index < -0.39 is 0 Å². The van der Waals surface area contributed by atoms with Gasteiger partial charge in [0.05, 0.1) is 5.56 Å². The van der Waals surface area contributed by atoms with Gasteiger partial charge >= 0.3 is 0 Å². The highest BCUT2D eigenvalue weighted by molar-refractivity contribution is 9.10. The quantitative estimate of drug-likeness (QED) is 0.857. The number of aromatic nitrogens is 1. The predicted molar refractivity (Wildman–Crippen MR) is 63.7 cm³/mol. The molecule has 0 aromatic carbocycles. The highest BCUT2D eigenvalue weighted by Gasteiger charge is 2.04. The Morgan fingerprint density at radius 3 is 2.87 bits per heavy atom. The SMILES string of the molecule is CC(C)=CCNC(=O)c1cncc(Br)c1. The second kappa shape index (κ2) is 5.66. The van der Waals surface area contributed by atoms with E-state index in [-0.39, 0.29) is 5.91 Å². The number of nitrogens with zero attached hydrogens (tertiary/aromatic N) is 1. The first-order valence-corrected chi connectivity index (χ1v) is 5.41. The summed E-state index contributed by atoms with van der Waals surface area (Å²) in [5, 5.41) is 2.78. The maximum atomic E-state index is 11.6. The number of halogens is 1. The molecule has 0 spiro atoms. The van der Waals surface area contributed by atoms with E-state index in [1.807, 2.05) is 19.9 Å². The molecule has 0 aliphatic rings. The van der Waals surface area contributed by atoms with E-state index in [0.717, 1.165) is 4.47 Å². The van der Waals surface area contributed by atoms with E-state index in [4.69, 9.17) is 0 Å². The van der Waals surface area contributed by atoms with Crippen molar-refractivity contribution in [2.24, 2.45) is 0 Å². The summed E-state index contributed by atoms with van der Waals surface area (Å²) in [7, 11) is 0. The highest BCUT2D eigenvalue weighted by atomic mass is 79.9. The van der Waals surface area contributed by atoms with Crippen molar-refractivity contribution in [2.45, 2.75) is 13.8 Å². The van der Waals surface area contributed by atoms with Gasteiger partial charge in [0.2, 0.25) is 0 Å². The molecular formula is C11H13BrN2O. The molecule has 4 heteroatoms. The first-order valence-electron chi connectivity index (χ1n) is 4.61. The minimum absolute atomic E-state index is 0.110. The smallest absolute Gasteiger partial charge is 0.253 e. The summed E-state index contributed by atoms with van der Waals surface area (Å²) >= 11 is 3.27. The van der Waals surface area contributed by atoms with Crippen LogP contribution in [0.25, 0.3) is 0 Å². The van der Waals surface area contributed by atoms with Crippen molar-refractivity contribution in [3.63, 3.8) is 0 Å². The third kappa shape index (κ3) is 4.25. The molecule has 0 saturated carbocycles. The minimum Gasteiger partial charge on any atom is -0.349 e. The number of carbonyl (C=O) groups is 1. The molecule has 0 bridgehead atoms. The standard InChI is InChI=1S/C11H13BrN2O/c1-8(2)3-4-14-11(15)9-5-10(12)7-13-6-9/h3,5-7H,4H2,1-2H3,(H,14,15). The van der Waals surface area contributed by atoms with Crippen LogP contribution in [0.5, 0.6) is 0 Å². The number of nitrogens with one attached hydrogen (secondary N) is 1. The molecule has 1 rings (SSSR count). The van der Waals surface area contributed by atoms with Crippen LogP contribution in [0.3, 0.4) is 0 Å². The molecule has 0 unspecified atom stereocenters. The molecule has 1 amide bonds. The Kier molecular flexibility index (Phi) is 4.49. The zero-order valence-electron chi connectivity index (χ0n) is 8.75. The number of carbonyl (C=O) groups excluding carboxylic acids is 1. The molecule has 15 heavy (non-hydrogen) atoms. The van der Waals surface area contributed by atoms with Gasteiger partial charge in [-0.3, -0.25) is 9.78 Å². The molecule has 1 aromatic rings. The minimum atomic E-state index is -0.110. The Balaban J connectivity index is 2.58. The average molecular weight is 269 g/mol. The number of hydrogen-bond donors (Lipinski definition) is 1. The topological polar surface area (TPSA) is 42.0 Å². The average Bonchev–Trinajstić information content (AvgIpc) is 2.17. The third-order valence-electron chi connectivity index (χ3n) is 1.74. The lowest BCUT2D eigenvalue weighted by molar-refractivity contribution is 0.0957. The van der Waals surface area contributed by atoms with Gasteiger partial charge in [0.25, 0.3) is 5.91 Å². The van der Waals surface area contributed by atoms with E-state index >= 15 is 0 Å². The van der Waals surface area contributed by atoms with E-state index in [9.17, 15) is 4.79 Å². The molecule has 1 heterocycles. The molecule has 0 aliphatic heterocycles. The monoisotopic (exact) mass is 268 g/mol. The number of hydrogen-bond acceptors (Lipinski definition) is 2. The second-order valence-electron chi connectivity index (χ2n) is 3.38. The lowest BCUT2D eigenvalue weighted by atomic mass is 10.2. The zero-order chi connectivity index (χ0) is 11.3. The van der Waals surface area contributed by atoms with E-state index in [1.54, 1.807) is 18.5 Å². The Bertz CT molecular complexity index is 384. The van der Waals surface area contributed by atoms with Gasteiger partial charge in [0.15, 0.2) is 0 Å². The van der Waals surface area contributed by atoms with Crippen molar-refractivity contribution in [3.05, 3.63) is 40.1 Å². The fraction of sp³-hybridized carbons (Fsp3) is 0.273. The van der Waals surface area contributed by atoms with Gasteiger partial charge in [0.1, 0.15) is 0 Å². The number of amides is 1. The van der Waals surface area contributed by atoms with Crippen LogP contribution in [0.2, 0.25) is 0 Å². The summed E-state index contributed by atoms with van der Waals surface area (Å²) in [6.45, 7) is 4.54. The van der Waals surface area contributed by atoms with Crippen molar-refractivity contribution in [1.29, 1.82) is 0 Å². The largest absolute Gasteiger partial charge is 0.349 e. The second-order valence-corrected chi connectivity index (χ2v) is 4.30. The van der Waals surface area contributed by atoms with Gasteiger partial charge in [0, 0.05) is 23.4 Å². The molecular weight excluding hydrogens is 256 g/mol. The normalized spacial score (nSPS) is 9.53. The van der Waals surface area contributed by atoms with Crippen LogP contribution in [-0.2, 0) is 0 Å². The Morgan fingerprint density at radius 1 is 1.53 bits per heavy atom. The zero-order valence-corrected chi connectivity index (χ0v) is 10.3. The van der Waals surface area contributed by atoms with Crippen molar-refractivity contribution in [2.75, 3.05) is 6.54 Å². The lowest BCUT2D eigenvalue weighted by Crippen LogP contribution is -2.23. The van der Waals surface area contributed by atoms with Crippen LogP contribution in [0, 0.1) is 0 Å². The van der Waals surface area contributed by atoms with Gasteiger partial charge in [-0.2, -0.15) is 0 Å². The van der Waals surface area contributed by atoms with Gasteiger partial charge in [-0.05, 0) is 35.8 Å². The molecule has 0 radical (unpaired) electrons. The van der Waals surface area contributed by atoms with Crippen LogP contribution in [0.1, 0.15) is 24.2 Å². The van der Waals surface area contributed by atoms with Crippen LogP contribution >= 0.6 is 15.9 Å². The molecule has 0 atom stereocenters. The Labute approximate surface area is 97.7 Å². The van der Waals surface area contributed by atoms with Crippen LogP contribution < -0.4 is 5.32 Å². The summed E-state index contributed by atoms with van der Waals surface area (Å²) in [5.74, 6) is -0.110. The first-order chi connectivity index (χ1) is 7.09. The fourth-order valence-corrected chi connectivity index (χ4v) is 1.35. The van der Waals surface area contributed by atoms with Crippen molar-refractivity contribution < 1.29 is 4.79 Å². The van der Waals surface area contributed by atoms with Crippen LogP contribution in [0.4, 0.5) is 0 Å². The third-order valence-corrected chi connectivity index (χ3v) is 2.17. The molecule has 0 aliphatic carbocycles. The molecule has 3 nitrogen and oxygen atoms in total. The number of rotatable bonds is 3. The summed E-state index contributed by atoms with van der Waals surface area (Å²) in [6, 6.07) is 1.74. The van der Waals surface area contributed by atoms with Gasteiger partial charge in [-0.15, -0.1) is 0 Å². The maximum absolute atomic E-state index is 11.6. The van der Waals surface area contributed by atoms with Crippen LogP contribution in [-0.4, -0.2) is 17.4 Å². The summed E-state index contributed by atoms with van der Waals surface area (Å²) < 4.78 is 0.803. The van der Waals surface area contributed by atoms with Crippen molar-refractivity contribution in [1.82, 2.24) is 10.3 Å². The predicted octanol–water partition coefficient (Wildman–Crippen LogP) is 2.54. The first kappa shape index (κ1) is 11.9. The van der Waals surface area contributed by atoms with Gasteiger partial charge < -0.3 is 5.32 Å². The summed E-state index contributed by atoms with van der Waals surface area (Å²) in [4.78, 5) is 15.5. The fourth-order valence-electron chi connectivity index (χ4n) is 0.986. The molecule has 1 aromatic heterocycles. The van der Waals surface area contributed by atoms with E-state index in [1.165, 1.54) is 5.57 Å². The number of pyridine rings is 1. The molecule has 1 N–H and O–H groups in total. The van der Waals surface area contributed by atoms with E-state index in [0.29, 0.717) is 12.1 Å². The molecule has 0 saturated heterocycles. The Hall–Kier alpha value is -1.16. The van der Waals surface area contributed by atoms with Crippen LogP contribution in [0.15, 0.2) is 34.6 Å². The van der Waals surface area contributed by atoms with E-state index in [2.05, 4.69) is 26.2 Å². The van der Waals surface area contributed by atoms with Gasteiger partial charge in [-0.1, -0.05) is 11.6 Å². The molecule has 0 fully saturated rings. The maximum Gasteiger partial charge on any atom is 0.253 e. The highest BCUT2D eigenvalue weighted by Crippen LogP contribution is 2.09. The number of allylic oxidation sites excluding steroid dienone is 1. The molecule has 80 valence electrons. The summed E-state index contributed by atoms with van der Waals surface area (Å²) in [6.07, 6.45) is 5.15. The Morgan fingerprint density at radius 2 is 2.27 bits per heavy atom. The van der Waals surface area contributed by atoms with Crippen molar-refractivity contribution >= 4 is 21.8 Å². The summed E-state index contributed by atoms with van der Waals surface area (Å²) in [5.41, 5.74) is 1.74. The van der Waals surface area contributed by atoms with Gasteiger partial charge in [-0.25, -0.2) is 0 Å².